The number of benzene rings is 2. The summed E-state index contributed by atoms with van der Waals surface area (Å²) >= 11 is 5.89. The van der Waals surface area contributed by atoms with E-state index in [2.05, 4.69) is 20.7 Å². The predicted octanol–water partition coefficient (Wildman–Crippen LogP) is 4.73. The minimum atomic E-state index is -0.369. The molecule has 0 unspecified atom stereocenters. The molecule has 0 atom stereocenters. The first kappa shape index (κ1) is 20.3. The Balaban J connectivity index is 1.55. The van der Waals surface area contributed by atoms with Gasteiger partial charge in [-0.15, -0.1) is 0 Å². The number of pyridine rings is 1. The van der Waals surface area contributed by atoms with Crippen molar-refractivity contribution >= 4 is 34.8 Å². The summed E-state index contributed by atoms with van der Waals surface area (Å²) in [5.74, 6) is -0.104. The SMILES string of the molecule is Cc1c(C(=O)Nc2ccccc2C(=O)Nc2ccc(Cl)cc2)cnn1-c1ccccn1. The van der Waals surface area contributed by atoms with Gasteiger partial charge in [-0.2, -0.15) is 5.10 Å². The summed E-state index contributed by atoms with van der Waals surface area (Å²) in [7, 11) is 0. The Kier molecular flexibility index (Phi) is 5.77. The van der Waals surface area contributed by atoms with E-state index in [1.165, 1.54) is 6.20 Å². The van der Waals surface area contributed by atoms with Gasteiger partial charge in [0.25, 0.3) is 11.8 Å². The molecule has 8 heteroatoms. The lowest BCUT2D eigenvalue weighted by Gasteiger charge is -2.11. The minimum absolute atomic E-state index is 0.334. The van der Waals surface area contributed by atoms with Crippen LogP contribution in [0.5, 0.6) is 0 Å². The van der Waals surface area contributed by atoms with Crippen LogP contribution >= 0.6 is 11.6 Å². The van der Waals surface area contributed by atoms with Crippen molar-refractivity contribution in [3.63, 3.8) is 0 Å². The number of nitrogens with zero attached hydrogens (tertiary/aromatic N) is 3. The third-order valence-electron chi connectivity index (χ3n) is 4.64. The molecule has 0 saturated carbocycles. The van der Waals surface area contributed by atoms with Crippen LogP contribution in [0.4, 0.5) is 11.4 Å². The number of carbonyl (C=O) groups is 2. The lowest BCUT2D eigenvalue weighted by atomic mass is 10.1. The van der Waals surface area contributed by atoms with Crippen molar-refractivity contribution in [1.29, 1.82) is 0 Å². The van der Waals surface area contributed by atoms with Gasteiger partial charge in [0.1, 0.15) is 0 Å². The third-order valence-corrected chi connectivity index (χ3v) is 4.89. The van der Waals surface area contributed by atoms with Gasteiger partial charge in [0.2, 0.25) is 0 Å². The maximum absolute atomic E-state index is 12.9. The second-order valence-corrected chi connectivity index (χ2v) is 7.14. The van der Waals surface area contributed by atoms with E-state index in [9.17, 15) is 9.59 Å². The normalized spacial score (nSPS) is 10.5. The van der Waals surface area contributed by atoms with Crippen molar-refractivity contribution in [2.45, 2.75) is 6.92 Å². The molecule has 7 nitrogen and oxygen atoms in total. The fourth-order valence-corrected chi connectivity index (χ4v) is 3.18. The van der Waals surface area contributed by atoms with E-state index >= 15 is 0 Å². The topological polar surface area (TPSA) is 88.9 Å². The molecule has 0 saturated heterocycles. The molecule has 31 heavy (non-hydrogen) atoms. The molecule has 0 radical (unpaired) electrons. The van der Waals surface area contributed by atoms with Crippen LogP contribution in [-0.2, 0) is 0 Å². The maximum atomic E-state index is 12.9. The van der Waals surface area contributed by atoms with E-state index in [-0.39, 0.29) is 11.8 Å². The van der Waals surface area contributed by atoms with Crippen LogP contribution in [-0.4, -0.2) is 26.6 Å². The zero-order valence-corrected chi connectivity index (χ0v) is 17.3. The molecule has 2 N–H and O–H groups in total. The molecule has 0 aliphatic carbocycles. The summed E-state index contributed by atoms with van der Waals surface area (Å²) in [4.78, 5) is 29.9. The zero-order valence-electron chi connectivity index (χ0n) is 16.5. The lowest BCUT2D eigenvalue weighted by Crippen LogP contribution is -2.18. The van der Waals surface area contributed by atoms with Crippen molar-refractivity contribution < 1.29 is 9.59 Å². The van der Waals surface area contributed by atoms with Crippen LogP contribution in [0, 0.1) is 6.92 Å². The predicted molar refractivity (Wildman–Crippen MR) is 120 cm³/mol. The monoisotopic (exact) mass is 431 g/mol. The van der Waals surface area contributed by atoms with Gasteiger partial charge in [0.15, 0.2) is 5.82 Å². The van der Waals surface area contributed by atoms with Crippen LogP contribution in [0.3, 0.4) is 0 Å². The van der Waals surface area contributed by atoms with Crippen LogP contribution in [0.15, 0.2) is 79.1 Å². The van der Waals surface area contributed by atoms with E-state index in [4.69, 9.17) is 11.6 Å². The molecule has 154 valence electrons. The third kappa shape index (κ3) is 4.46. The van der Waals surface area contributed by atoms with Gasteiger partial charge in [0, 0.05) is 16.9 Å². The number of carbonyl (C=O) groups excluding carboxylic acids is 2. The first-order valence-electron chi connectivity index (χ1n) is 9.46. The fourth-order valence-electron chi connectivity index (χ4n) is 3.05. The van der Waals surface area contributed by atoms with Gasteiger partial charge in [-0.3, -0.25) is 9.59 Å². The van der Waals surface area contributed by atoms with Crippen molar-refractivity contribution in [2.75, 3.05) is 10.6 Å². The Bertz CT molecular complexity index is 1240. The molecule has 0 bridgehead atoms. The van der Waals surface area contributed by atoms with Crippen LogP contribution in [0.2, 0.25) is 5.02 Å². The minimum Gasteiger partial charge on any atom is -0.322 e. The Morgan fingerprint density at radius 2 is 1.58 bits per heavy atom. The summed E-state index contributed by atoms with van der Waals surface area (Å²) < 4.78 is 1.59. The van der Waals surface area contributed by atoms with Crippen LogP contribution in [0.25, 0.3) is 5.82 Å². The molecule has 2 aromatic heterocycles. The first-order chi connectivity index (χ1) is 15.0. The highest BCUT2D eigenvalue weighted by atomic mass is 35.5. The summed E-state index contributed by atoms with van der Waals surface area (Å²) in [6, 6.07) is 19.0. The number of hydrogen-bond donors (Lipinski definition) is 2. The van der Waals surface area contributed by atoms with E-state index in [1.54, 1.807) is 72.4 Å². The average molecular weight is 432 g/mol. The van der Waals surface area contributed by atoms with Gasteiger partial charge in [-0.05, 0) is 55.5 Å². The number of anilines is 2. The number of rotatable bonds is 5. The summed E-state index contributed by atoms with van der Waals surface area (Å²) in [5, 5.41) is 10.5. The highest BCUT2D eigenvalue weighted by molar-refractivity contribution is 6.30. The summed E-state index contributed by atoms with van der Waals surface area (Å²) in [6.45, 7) is 1.79. The molecule has 0 aliphatic rings. The highest BCUT2D eigenvalue weighted by Gasteiger charge is 2.18. The number of hydrogen-bond acceptors (Lipinski definition) is 4. The molecular formula is C23H18ClN5O2. The van der Waals surface area contributed by atoms with E-state index < -0.39 is 0 Å². The molecule has 2 heterocycles. The Morgan fingerprint density at radius 1 is 0.871 bits per heavy atom. The van der Waals surface area contributed by atoms with Crippen molar-refractivity contribution in [1.82, 2.24) is 14.8 Å². The number of amides is 2. The number of para-hydroxylation sites is 1. The summed E-state index contributed by atoms with van der Waals surface area (Å²) in [6.07, 6.45) is 3.14. The molecule has 2 aromatic carbocycles. The Labute approximate surface area is 183 Å². The molecule has 0 aliphatic heterocycles. The Morgan fingerprint density at radius 3 is 2.32 bits per heavy atom. The maximum Gasteiger partial charge on any atom is 0.259 e. The molecule has 4 rings (SSSR count). The number of nitrogens with one attached hydrogen (secondary N) is 2. The first-order valence-corrected chi connectivity index (χ1v) is 9.84. The molecule has 0 spiro atoms. The van der Waals surface area contributed by atoms with Crippen molar-refractivity contribution in [3.05, 3.63) is 101 Å². The van der Waals surface area contributed by atoms with Gasteiger partial charge in [-0.1, -0.05) is 29.8 Å². The molecule has 0 fully saturated rings. The van der Waals surface area contributed by atoms with E-state index in [1.807, 2.05) is 12.1 Å². The van der Waals surface area contributed by atoms with Gasteiger partial charge in [0.05, 0.1) is 28.7 Å². The lowest BCUT2D eigenvalue weighted by molar-refractivity contribution is 0.102. The highest BCUT2D eigenvalue weighted by Crippen LogP contribution is 2.21. The molecule has 2 amide bonds. The number of aromatic nitrogens is 3. The smallest absolute Gasteiger partial charge is 0.259 e. The molecular weight excluding hydrogens is 414 g/mol. The van der Waals surface area contributed by atoms with Crippen LogP contribution in [0.1, 0.15) is 26.4 Å². The van der Waals surface area contributed by atoms with E-state index in [0.29, 0.717) is 39.0 Å². The van der Waals surface area contributed by atoms with Gasteiger partial charge < -0.3 is 10.6 Å². The van der Waals surface area contributed by atoms with Crippen molar-refractivity contribution in [2.24, 2.45) is 0 Å². The molecule has 4 aromatic rings. The van der Waals surface area contributed by atoms with Gasteiger partial charge in [-0.25, -0.2) is 9.67 Å². The fraction of sp³-hybridized carbons (Fsp3) is 0.0435. The number of halogens is 1. The van der Waals surface area contributed by atoms with E-state index in [0.717, 1.165) is 0 Å². The Hall–Kier alpha value is -3.97. The zero-order chi connectivity index (χ0) is 21.8. The van der Waals surface area contributed by atoms with Crippen LogP contribution < -0.4 is 10.6 Å². The van der Waals surface area contributed by atoms with Crippen molar-refractivity contribution in [3.8, 4) is 5.82 Å². The standard InChI is InChI=1S/C23H18ClN5O2/c1-15-19(14-26-29(15)21-8-4-5-13-25-21)23(31)28-20-7-3-2-6-18(20)22(30)27-17-11-9-16(24)10-12-17/h2-14H,1H3,(H,27,30)(H,28,31). The second kappa shape index (κ2) is 8.81. The largest absolute Gasteiger partial charge is 0.322 e. The second-order valence-electron chi connectivity index (χ2n) is 6.70. The quantitative estimate of drug-likeness (QED) is 0.478. The average Bonchev–Trinajstić information content (AvgIpc) is 3.17. The summed E-state index contributed by atoms with van der Waals surface area (Å²) in [5.41, 5.74) is 2.35. The van der Waals surface area contributed by atoms with Gasteiger partial charge >= 0.3 is 0 Å².